The Kier molecular flexibility index (Phi) is 5.46. The fraction of sp³-hybridized carbons (Fsp3) is 1.00. The minimum Gasteiger partial charge on any atom is -0.392 e. The van der Waals surface area contributed by atoms with Gasteiger partial charge in [0.2, 0.25) is 0 Å². The second-order valence-electron chi connectivity index (χ2n) is 2.89. The van der Waals surface area contributed by atoms with E-state index in [1.165, 1.54) is 0 Å². The summed E-state index contributed by atoms with van der Waals surface area (Å²) in [6.07, 6.45) is -0.407. The molecule has 0 amide bonds. The van der Waals surface area contributed by atoms with E-state index in [9.17, 15) is 0 Å². The molecule has 0 bridgehead atoms. The summed E-state index contributed by atoms with van der Waals surface area (Å²) >= 11 is 0. The third-order valence-corrected chi connectivity index (χ3v) is 1.98. The van der Waals surface area contributed by atoms with Crippen molar-refractivity contribution in [1.29, 1.82) is 0 Å². The Morgan fingerprint density at radius 3 is 2.09 bits per heavy atom. The second kappa shape index (κ2) is 5.52. The lowest BCUT2D eigenvalue weighted by molar-refractivity contribution is 0.136. The van der Waals surface area contributed by atoms with Crippen molar-refractivity contribution in [2.24, 2.45) is 5.73 Å². The summed E-state index contributed by atoms with van der Waals surface area (Å²) in [6.45, 7) is 8.70. The van der Waals surface area contributed by atoms with Gasteiger partial charge in [-0.15, -0.1) is 0 Å². The molecule has 0 radical (unpaired) electrons. The van der Waals surface area contributed by atoms with Crippen molar-refractivity contribution < 1.29 is 5.11 Å². The van der Waals surface area contributed by atoms with Gasteiger partial charge in [-0.1, -0.05) is 13.8 Å². The van der Waals surface area contributed by atoms with E-state index in [0.29, 0.717) is 0 Å². The average molecular weight is 160 g/mol. The summed E-state index contributed by atoms with van der Waals surface area (Å²) in [7, 11) is 0. The van der Waals surface area contributed by atoms with E-state index in [4.69, 9.17) is 10.8 Å². The predicted molar refractivity (Wildman–Crippen MR) is 47.4 cm³/mol. The number of hydrogen-bond acceptors (Lipinski definition) is 3. The van der Waals surface area contributed by atoms with E-state index >= 15 is 0 Å². The molecule has 0 spiro atoms. The summed E-state index contributed by atoms with van der Waals surface area (Å²) in [5.41, 5.74) is 5.68. The third kappa shape index (κ3) is 4.35. The minimum atomic E-state index is -0.407. The molecule has 3 N–H and O–H groups in total. The molecule has 3 nitrogen and oxygen atoms in total. The number of rotatable bonds is 5. The maximum absolute atomic E-state index is 9.11. The quantitative estimate of drug-likeness (QED) is 0.597. The van der Waals surface area contributed by atoms with Crippen LogP contribution in [0.4, 0.5) is 0 Å². The lowest BCUT2D eigenvalue weighted by Gasteiger charge is -2.23. The van der Waals surface area contributed by atoms with Crippen LogP contribution < -0.4 is 5.73 Å². The largest absolute Gasteiger partial charge is 0.392 e. The Morgan fingerprint density at radius 1 is 1.36 bits per heavy atom. The molecule has 68 valence electrons. The van der Waals surface area contributed by atoms with Gasteiger partial charge in [0.25, 0.3) is 0 Å². The van der Waals surface area contributed by atoms with Gasteiger partial charge in [0.1, 0.15) is 0 Å². The summed E-state index contributed by atoms with van der Waals surface area (Å²) in [6, 6.07) is -0.116. The van der Waals surface area contributed by atoms with Crippen molar-refractivity contribution in [2.75, 3.05) is 19.6 Å². The highest BCUT2D eigenvalue weighted by Crippen LogP contribution is 1.93. The van der Waals surface area contributed by atoms with Gasteiger partial charge in [0.05, 0.1) is 6.10 Å². The van der Waals surface area contributed by atoms with E-state index in [-0.39, 0.29) is 6.04 Å². The molecule has 0 aliphatic heterocycles. The van der Waals surface area contributed by atoms with Crippen molar-refractivity contribution in [1.82, 2.24) is 4.90 Å². The maximum atomic E-state index is 9.11. The van der Waals surface area contributed by atoms with Crippen LogP contribution in [-0.4, -0.2) is 41.8 Å². The SMILES string of the molecule is CCN(CC)C[C@H](N)[C@H](C)O. The molecule has 0 aliphatic rings. The Morgan fingerprint density at radius 2 is 1.82 bits per heavy atom. The number of aliphatic hydroxyl groups excluding tert-OH is 1. The molecule has 0 aromatic carbocycles. The van der Waals surface area contributed by atoms with Crippen molar-refractivity contribution in [3.8, 4) is 0 Å². The molecule has 0 unspecified atom stereocenters. The summed E-state index contributed by atoms with van der Waals surface area (Å²) in [5, 5.41) is 9.11. The van der Waals surface area contributed by atoms with Crippen molar-refractivity contribution in [3.05, 3.63) is 0 Å². The number of hydrogen-bond donors (Lipinski definition) is 2. The molecule has 0 aliphatic carbocycles. The highest BCUT2D eigenvalue weighted by Gasteiger charge is 2.11. The summed E-state index contributed by atoms with van der Waals surface area (Å²) in [5.74, 6) is 0. The predicted octanol–water partition coefficient (Wildman–Crippen LogP) is 0.0363. The zero-order valence-electron chi connectivity index (χ0n) is 7.75. The van der Waals surface area contributed by atoms with E-state index in [1.807, 2.05) is 0 Å². The lowest BCUT2D eigenvalue weighted by Crippen LogP contribution is -2.43. The molecule has 0 saturated carbocycles. The van der Waals surface area contributed by atoms with Gasteiger partial charge in [-0.2, -0.15) is 0 Å². The van der Waals surface area contributed by atoms with Crippen LogP contribution in [0.3, 0.4) is 0 Å². The third-order valence-electron chi connectivity index (χ3n) is 1.98. The average Bonchev–Trinajstić information content (AvgIpc) is 1.99. The molecule has 0 saturated heterocycles. The Bertz CT molecular complexity index is 92.1. The first kappa shape index (κ1) is 10.9. The fourth-order valence-electron chi connectivity index (χ4n) is 0.932. The molecule has 11 heavy (non-hydrogen) atoms. The number of likely N-dealkylation sites (N-methyl/N-ethyl adjacent to an activating group) is 1. The molecule has 0 aromatic heterocycles. The van der Waals surface area contributed by atoms with Gasteiger partial charge in [-0.3, -0.25) is 0 Å². The number of aliphatic hydroxyl groups is 1. The maximum Gasteiger partial charge on any atom is 0.0675 e. The van der Waals surface area contributed by atoms with Crippen LogP contribution in [0.1, 0.15) is 20.8 Å². The smallest absolute Gasteiger partial charge is 0.0675 e. The zero-order valence-corrected chi connectivity index (χ0v) is 7.75. The number of nitrogens with two attached hydrogens (primary N) is 1. The van der Waals surface area contributed by atoms with Crippen LogP contribution in [0, 0.1) is 0 Å². The molecule has 0 aromatic rings. The van der Waals surface area contributed by atoms with Crippen molar-refractivity contribution >= 4 is 0 Å². The molecule has 0 heterocycles. The van der Waals surface area contributed by atoms with Crippen molar-refractivity contribution in [3.63, 3.8) is 0 Å². The van der Waals surface area contributed by atoms with Crippen molar-refractivity contribution in [2.45, 2.75) is 32.9 Å². The van der Waals surface area contributed by atoms with Crippen LogP contribution in [-0.2, 0) is 0 Å². The summed E-state index contributed by atoms with van der Waals surface area (Å²) < 4.78 is 0. The van der Waals surface area contributed by atoms with Crippen LogP contribution in [0.2, 0.25) is 0 Å². The Labute approximate surface area is 69.2 Å². The molecule has 0 rings (SSSR count). The normalized spacial score (nSPS) is 16.9. The van der Waals surface area contributed by atoms with Crippen LogP contribution >= 0.6 is 0 Å². The molecule has 0 fully saturated rings. The fourth-order valence-corrected chi connectivity index (χ4v) is 0.932. The zero-order chi connectivity index (χ0) is 8.85. The van der Waals surface area contributed by atoms with Crippen LogP contribution in [0.15, 0.2) is 0 Å². The topological polar surface area (TPSA) is 49.5 Å². The van der Waals surface area contributed by atoms with Crippen LogP contribution in [0.25, 0.3) is 0 Å². The lowest BCUT2D eigenvalue weighted by atomic mass is 10.2. The first-order chi connectivity index (χ1) is 5.11. The van der Waals surface area contributed by atoms with Gasteiger partial charge < -0.3 is 15.7 Å². The monoisotopic (exact) mass is 160 g/mol. The van der Waals surface area contributed by atoms with E-state index < -0.39 is 6.10 Å². The first-order valence-corrected chi connectivity index (χ1v) is 4.27. The molecular weight excluding hydrogens is 140 g/mol. The minimum absolute atomic E-state index is 0.116. The van der Waals surface area contributed by atoms with E-state index in [2.05, 4.69) is 18.7 Å². The van der Waals surface area contributed by atoms with Gasteiger partial charge in [0.15, 0.2) is 0 Å². The van der Waals surface area contributed by atoms with Gasteiger partial charge in [-0.05, 0) is 20.0 Å². The van der Waals surface area contributed by atoms with E-state index in [1.54, 1.807) is 6.92 Å². The molecule has 2 atom stereocenters. The first-order valence-electron chi connectivity index (χ1n) is 4.27. The van der Waals surface area contributed by atoms with Gasteiger partial charge in [-0.25, -0.2) is 0 Å². The second-order valence-corrected chi connectivity index (χ2v) is 2.89. The highest BCUT2D eigenvalue weighted by molar-refractivity contribution is 4.71. The Balaban J connectivity index is 3.62. The van der Waals surface area contributed by atoms with E-state index in [0.717, 1.165) is 19.6 Å². The number of nitrogens with zero attached hydrogens (tertiary/aromatic N) is 1. The Hall–Kier alpha value is -0.120. The highest BCUT2D eigenvalue weighted by atomic mass is 16.3. The standard InChI is InChI=1S/C8H20N2O/c1-4-10(5-2)6-8(9)7(3)11/h7-8,11H,4-6,9H2,1-3H3/t7-,8-/m0/s1. The molecule has 3 heteroatoms. The van der Waals surface area contributed by atoms with Crippen LogP contribution in [0.5, 0.6) is 0 Å². The van der Waals surface area contributed by atoms with Gasteiger partial charge in [0, 0.05) is 12.6 Å². The van der Waals surface area contributed by atoms with Gasteiger partial charge >= 0.3 is 0 Å². The summed E-state index contributed by atoms with van der Waals surface area (Å²) in [4.78, 5) is 2.21. The molecular formula is C8H20N2O.